The first-order valence-electron chi connectivity index (χ1n) is 6.68. The maximum Gasteiger partial charge on any atom is 0.124 e. The third kappa shape index (κ3) is 2.87. The van der Waals surface area contributed by atoms with E-state index < -0.39 is 0 Å². The molecular weight excluding hydrogens is 241 g/mol. The highest BCUT2D eigenvalue weighted by molar-refractivity contribution is 5.57. The Hall–Kier alpha value is -1.60. The third-order valence-corrected chi connectivity index (χ3v) is 4.19. The van der Waals surface area contributed by atoms with Crippen molar-refractivity contribution in [1.29, 1.82) is 5.26 Å². The van der Waals surface area contributed by atoms with Crippen molar-refractivity contribution in [2.75, 3.05) is 26.0 Å². The maximum absolute atomic E-state index is 13.1. The van der Waals surface area contributed by atoms with Gasteiger partial charge in [0.15, 0.2) is 0 Å². The molecule has 0 atom stereocenters. The molecule has 1 aliphatic rings. The van der Waals surface area contributed by atoms with Gasteiger partial charge in [-0.1, -0.05) is 12.8 Å². The number of nitrogens with zero attached hydrogens (tertiary/aromatic N) is 2. The molecule has 0 unspecified atom stereocenters. The number of benzene rings is 1. The molecule has 3 nitrogen and oxygen atoms in total. The van der Waals surface area contributed by atoms with Crippen molar-refractivity contribution in [2.24, 2.45) is 0 Å². The Labute approximate surface area is 114 Å². The lowest BCUT2D eigenvalue weighted by Crippen LogP contribution is -2.47. The molecule has 0 aliphatic heterocycles. The molecule has 0 spiro atoms. The summed E-state index contributed by atoms with van der Waals surface area (Å²) in [6.07, 6.45) is 4.81. The zero-order chi connectivity index (χ0) is 13.9. The fourth-order valence-electron chi connectivity index (χ4n) is 2.84. The van der Waals surface area contributed by atoms with Crippen molar-refractivity contribution in [3.05, 3.63) is 29.6 Å². The zero-order valence-corrected chi connectivity index (χ0v) is 11.5. The van der Waals surface area contributed by atoms with E-state index in [1.165, 1.54) is 25.0 Å². The minimum absolute atomic E-state index is 0.154. The fraction of sp³-hybridized carbons (Fsp3) is 0.533. The molecule has 0 amide bonds. The summed E-state index contributed by atoms with van der Waals surface area (Å²) in [6, 6.07) is 6.35. The van der Waals surface area contributed by atoms with Crippen LogP contribution in [0.1, 0.15) is 31.2 Å². The van der Waals surface area contributed by atoms with E-state index in [1.807, 2.05) is 6.07 Å². The summed E-state index contributed by atoms with van der Waals surface area (Å²) >= 11 is 0. The summed E-state index contributed by atoms with van der Waals surface area (Å²) in [5.74, 6) is -0.370. The number of anilines is 1. The highest BCUT2D eigenvalue weighted by Crippen LogP contribution is 2.34. The predicted octanol–water partition coefficient (Wildman–Crippen LogP) is 2.98. The molecule has 1 fully saturated rings. The van der Waals surface area contributed by atoms with Crippen molar-refractivity contribution >= 4 is 5.69 Å². The second-order valence-electron chi connectivity index (χ2n) is 5.48. The van der Waals surface area contributed by atoms with Crippen molar-refractivity contribution in [1.82, 2.24) is 4.90 Å². The number of rotatable bonds is 4. The van der Waals surface area contributed by atoms with Gasteiger partial charge in [0.25, 0.3) is 0 Å². The lowest BCUT2D eigenvalue weighted by Gasteiger charge is -2.37. The van der Waals surface area contributed by atoms with Crippen LogP contribution in [0.4, 0.5) is 10.1 Å². The van der Waals surface area contributed by atoms with Gasteiger partial charge in [-0.15, -0.1) is 0 Å². The van der Waals surface area contributed by atoms with Crippen LogP contribution in [0.25, 0.3) is 0 Å². The van der Waals surface area contributed by atoms with Gasteiger partial charge < -0.3 is 10.2 Å². The molecule has 1 aromatic rings. The summed E-state index contributed by atoms with van der Waals surface area (Å²) in [6.45, 7) is 0.792. The summed E-state index contributed by atoms with van der Waals surface area (Å²) < 4.78 is 13.1. The monoisotopic (exact) mass is 261 g/mol. The van der Waals surface area contributed by atoms with Crippen LogP contribution in [0.3, 0.4) is 0 Å². The Morgan fingerprint density at radius 3 is 2.63 bits per heavy atom. The second-order valence-corrected chi connectivity index (χ2v) is 5.48. The molecule has 0 radical (unpaired) electrons. The summed E-state index contributed by atoms with van der Waals surface area (Å²) in [7, 11) is 4.20. The van der Waals surface area contributed by atoms with E-state index in [9.17, 15) is 4.39 Å². The Balaban J connectivity index is 2.12. The van der Waals surface area contributed by atoms with Crippen LogP contribution in [0.2, 0.25) is 0 Å². The lowest BCUT2D eigenvalue weighted by atomic mass is 9.95. The Morgan fingerprint density at radius 2 is 2.05 bits per heavy atom. The standard InChI is InChI=1S/C15H20FN3/c1-19(2)15(7-3-4-8-15)11-18-14-6-5-13(16)9-12(14)10-17/h5-6,9,18H,3-4,7-8,11H2,1-2H3. The van der Waals surface area contributed by atoms with Crippen molar-refractivity contribution < 1.29 is 4.39 Å². The van der Waals surface area contributed by atoms with Crippen LogP contribution in [0.5, 0.6) is 0 Å². The molecular formula is C15H20FN3. The van der Waals surface area contributed by atoms with Gasteiger partial charge in [0.05, 0.1) is 11.3 Å². The van der Waals surface area contributed by atoms with Gasteiger partial charge in [-0.05, 0) is 45.1 Å². The molecule has 1 saturated carbocycles. The molecule has 0 saturated heterocycles. The van der Waals surface area contributed by atoms with Gasteiger partial charge >= 0.3 is 0 Å². The van der Waals surface area contributed by atoms with Crippen LogP contribution in [0.15, 0.2) is 18.2 Å². The number of nitrogens with one attached hydrogen (secondary N) is 1. The molecule has 2 rings (SSSR count). The largest absolute Gasteiger partial charge is 0.382 e. The van der Waals surface area contributed by atoms with Crippen LogP contribution in [-0.4, -0.2) is 31.1 Å². The second kappa shape index (κ2) is 5.58. The molecule has 1 aliphatic carbocycles. The van der Waals surface area contributed by atoms with E-state index in [4.69, 9.17) is 5.26 Å². The highest BCUT2D eigenvalue weighted by Gasteiger charge is 2.35. The average Bonchev–Trinajstić information content (AvgIpc) is 2.87. The Morgan fingerprint density at radius 1 is 1.37 bits per heavy atom. The fourth-order valence-corrected chi connectivity index (χ4v) is 2.84. The Bertz CT molecular complexity index is 485. The predicted molar refractivity (Wildman–Crippen MR) is 74.5 cm³/mol. The summed E-state index contributed by atoms with van der Waals surface area (Å²) in [4.78, 5) is 2.27. The van der Waals surface area contributed by atoms with Crippen molar-refractivity contribution in [2.45, 2.75) is 31.2 Å². The molecule has 1 aromatic carbocycles. The maximum atomic E-state index is 13.1. The smallest absolute Gasteiger partial charge is 0.124 e. The molecule has 0 heterocycles. The van der Waals surface area contributed by atoms with Gasteiger partial charge in [-0.3, -0.25) is 0 Å². The number of halogens is 1. The molecule has 0 bridgehead atoms. The highest BCUT2D eigenvalue weighted by atomic mass is 19.1. The van der Waals surface area contributed by atoms with Crippen LogP contribution < -0.4 is 5.32 Å². The van der Waals surface area contributed by atoms with Gasteiger partial charge in [0.2, 0.25) is 0 Å². The van der Waals surface area contributed by atoms with E-state index in [2.05, 4.69) is 24.3 Å². The lowest BCUT2D eigenvalue weighted by molar-refractivity contribution is 0.172. The minimum atomic E-state index is -0.370. The van der Waals surface area contributed by atoms with Gasteiger partial charge in [0, 0.05) is 12.1 Å². The SMILES string of the molecule is CN(C)C1(CNc2ccc(F)cc2C#N)CCCC1. The topological polar surface area (TPSA) is 39.1 Å². The van der Waals surface area contributed by atoms with E-state index in [0.717, 1.165) is 25.1 Å². The van der Waals surface area contributed by atoms with Gasteiger partial charge in [-0.25, -0.2) is 4.39 Å². The van der Waals surface area contributed by atoms with Gasteiger partial charge in [0.1, 0.15) is 11.9 Å². The third-order valence-electron chi connectivity index (χ3n) is 4.19. The number of hydrogen-bond acceptors (Lipinski definition) is 3. The van der Waals surface area contributed by atoms with E-state index in [0.29, 0.717) is 5.56 Å². The summed E-state index contributed by atoms with van der Waals surface area (Å²) in [5, 5.41) is 12.4. The van der Waals surface area contributed by atoms with Crippen LogP contribution >= 0.6 is 0 Å². The normalized spacial score (nSPS) is 17.4. The van der Waals surface area contributed by atoms with E-state index in [1.54, 1.807) is 6.07 Å². The molecule has 4 heteroatoms. The zero-order valence-electron chi connectivity index (χ0n) is 11.5. The molecule has 0 aromatic heterocycles. The first-order valence-corrected chi connectivity index (χ1v) is 6.68. The number of hydrogen-bond donors (Lipinski definition) is 1. The van der Waals surface area contributed by atoms with E-state index >= 15 is 0 Å². The van der Waals surface area contributed by atoms with E-state index in [-0.39, 0.29) is 11.4 Å². The van der Waals surface area contributed by atoms with Crippen LogP contribution in [0, 0.1) is 17.1 Å². The minimum Gasteiger partial charge on any atom is -0.382 e. The quantitative estimate of drug-likeness (QED) is 0.905. The van der Waals surface area contributed by atoms with Crippen molar-refractivity contribution in [3.63, 3.8) is 0 Å². The average molecular weight is 261 g/mol. The van der Waals surface area contributed by atoms with Crippen LogP contribution in [-0.2, 0) is 0 Å². The molecule has 19 heavy (non-hydrogen) atoms. The summed E-state index contributed by atoms with van der Waals surface area (Å²) in [5.41, 5.74) is 1.24. The number of likely N-dealkylation sites (N-methyl/N-ethyl adjacent to an activating group) is 1. The Kier molecular flexibility index (Phi) is 4.06. The first kappa shape index (κ1) is 13.8. The van der Waals surface area contributed by atoms with Gasteiger partial charge in [-0.2, -0.15) is 5.26 Å². The number of nitriles is 1. The molecule has 1 N–H and O–H groups in total. The van der Waals surface area contributed by atoms with Crippen molar-refractivity contribution in [3.8, 4) is 6.07 Å². The first-order chi connectivity index (χ1) is 9.07. The molecule has 102 valence electrons.